The number of hydrogen-bond acceptors (Lipinski definition) is 3. The molecule has 1 saturated carbocycles. The lowest BCUT2D eigenvalue weighted by Crippen LogP contribution is -2.40. The van der Waals surface area contributed by atoms with Gasteiger partial charge in [-0.25, -0.2) is 9.50 Å². The minimum Gasteiger partial charge on any atom is -0.481 e. The summed E-state index contributed by atoms with van der Waals surface area (Å²) in [6, 6.07) is 1.71. The number of carboxylic acid groups (broad SMARTS) is 1. The molecule has 5 nitrogen and oxygen atoms in total. The summed E-state index contributed by atoms with van der Waals surface area (Å²) in [6.07, 6.45) is 4.38. The largest absolute Gasteiger partial charge is 0.481 e. The van der Waals surface area contributed by atoms with E-state index in [0.717, 1.165) is 24.1 Å². The van der Waals surface area contributed by atoms with Gasteiger partial charge in [-0.1, -0.05) is 18.5 Å². The molecule has 0 aliphatic heterocycles. The number of rotatable bonds is 1. The van der Waals surface area contributed by atoms with Crippen LogP contribution in [0, 0.1) is 5.92 Å². The van der Waals surface area contributed by atoms with Crippen LogP contribution in [0.1, 0.15) is 43.4 Å². The summed E-state index contributed by atoms with van der Waals surface area (Å²) in [4.78, 5) is 15.8. The third-order valence-electron chi connectivity index (χ3n) is 4.73. The molecule has 1 N–H and O–H groups in total. The Labute approximate surface area is 120 Å². The maximum Gasteiger partial charge on any atom is 0.311 e. The van der Waals surface area contributed by atoms with Crippen molar-refractivity contribution in [3.05, 3.63) is 28.7 Å². The van der Waals surface area contributed by atoms with Crippen molar-refractivity contribution in [3.8, 4) is 0 Å². The zero-order chi connectivity index (χ0) is 14.1. The third-order valence-corrected chi connectivity index (χ3v) is 4.92. The minimum absolute atomic E-state index is 0.0612. The van der Waals surface area contributed by atoms with Gasteiger partial charge in [-0.3, -0.25) is 4.79 Å². The van der Waals surface area contributed by atoms with Gasteiger partial charge in [-0.05, 0) is 25.2 Å². The summed E-state index contributed by atoms with van der Waals surface area (Å²) in [5.74, 6) is -0.621. The number of carboxylic acids is 1. The van der Waals surface area contributed by atoms with E-state index in [1.165, 1.54) is 0 Å². The predicted octanol–water partition coefficient (Wildman–Crippen LogP) is 2.62. The molecule has 2 aliphatic carbocycles. The average molecular weight is 292 g/mol. The van der Waals surface area contributed by atoms with Crippen LogP contribution >= 0.6 is 11.6 Å². The lowest BCUT2D eigenvalue weighted by molar-refractivity contribution is -0.139. The Hall–Kier alpha value is -1.62. The smallest absolute Gasteiger partial charge is 0.311 e. The normalized spacial score (nSPS) is 31.5. The van der Waals surface area contributed by atoms with Gasteiger partial charge in [-0.15, -0.1) is 0 Å². The van der Waals surface area contributed by atoms with Crippen molar-refractivity contribution in [1.82, 2.24) is 14.6 Å². The Morgan fingerprint density at radius 1 is 1.50 bits per heavy atom. The molecule has 20 heavy (non-hydrogen) atoms. The van der Waals surface area contributed by atoms with Crippen LogP contribution < -0.4 is 0 Å². The van der Waals surface area contributed by atoms with E-state index in [2.05, 4.69) is 17.0 Å². The predicted molar refractivity (Wildman–Crippen MR) is 73.1 cm³/mol. The fourth-order valence-electron chi connectivity index (χ4n) is 4.16. The molecule has 4 rings (SSSR count). The van der Waals surface area contributed by atoms with Gasteiger partial charge in [0.2, 0.25) is 0 Å². The molecule has 1 atom stereocenters. The molecule has 104 valence electrons. The van der Waals surface area contributed by atoms with Crippen molar-refractivity contribution in [2.75, 3.05) is 0 Å². The van der Waals surface area contributed by atoms with Crippen molar-refractivity contribution in [3.63, 3.8) is 0 Å². The van der Waals surface area contributed by atoms with E-state index in [-0.39, 0.29) is 5.41 Å². The molecule has 2 aliphatic rings. The number of hydrogen-bond donors (Lipinski definition) is 1. The maximum atomic E-state index is 11.5. The summed E-state index contributed by atoms with van der Waals surface area (Å²) in [5.41, 5.74) is 2.45. The number of carbonyl (C=O) groups is 1. The third kappa shape index (κ3) is 1.41. The Morgan fingerprint density at radius 3 is 2.90 bits per heavy atom. The summed E-state index contributed by atoms with van der Waals surface area (Å²) < 4.78 is 1.76. The van der Waals surface area contributed by atoms with E-state index in [1.54, 1.807) is 16.8 Å². The van der Waals surface area contributed by atoms with Gasteiger partial charge in [0, 0.05) is 23.2 Å². The fourth-order valence-corrected chi connectivity index (χ4v) is 4.33. The van der Waals surface area contributed by atoms with Crippen LogP contribution in [0.15, 0.2) is 12.3 Å². The number of fused-ring (bicyclic) bond motifs is 4. The van der Waals surface area contributed by atoms with Crippen molar-refractivity contribution < 1.29 is 9.90 Å². The Bertz CT molecular complexity index is 733. The van der Waals surface area contributed by atoms with Crippen LogP contribution in [0.4, 0.5) is 0 Å². The molecule has 2 heterocycles. The second kappa shape index (κ2) is 3.73. The lowest BCUT2D eigenvalue weighted by Gasteiger charge is -2.44. The maximum absolute atomic E-state index is 11.5. The van der Waals surface area contributed by atoms with E-state index in [4.69, 9.17) is 11.6 Å². The topological polar surface area (TPSA) is 67.5 Å². The highest BCUT2D eigenvalue weighted by molar-refractivity contribution is 6.29. The van der Waals surface area contributed by atoms with Crippen molar-refractivity contribution in [2.45, 2.75) is 37.5 Å². The monoisotopic (exact) mass is 291 g/mol. The Morgan fingerprint density at radius 2 is 2.25 bits per heavy atom. The van der Waals surface area contributed by atoms with Gasteiger partial charge in [0.1, 0.15) is 0 Å². The number of halogens is 1. The zero-order valence-corrected chi connectivity index (χ0v) is 11.8. The molecule has 1 fully saturated rings. The molecular formula is C14H14ClN3O2. The van der Waals surface area contributed by atoms with E-state index in [9.17, 15) is 9.90 Å². The second-order valence-corrected chi connectivity index (χ2v) is 6.58. The number of aromatic nitrogens is 3. The highest BCUT2D eigenvalue weighted by atomic mass is 35.5. The standard InChI is InChI=1S/C14H14ClN3O2/c1-7-3-14(4-7)5-8(13(19)20)9-6-16-11-2-10(15)17-18(11)12(9)14/h2,6-8H,3-5H2,1H3,(H,19,20). The van der Waals surface area contributed by atoms with Crippen molar-refractivity contribution in [2.24, 2.45) is 5.92 Å². The van der Waals surface area contributed by atoms with Crippen LogP contribution in [0.3, 0.4) is 0 Å². The van der Waals surface area contributed by atoms with E-state index in [0.29, 0.717) is 23.1 Å². The van der Waals surface area contributed by atoms with E-state index in [1.807, 2.05) is 0 Å². The van der Waals surface area contributed by atoms with Crippen LogP contribution in [0.5, 0.6) is 0 Å². The molecule has 0 aromatic carbocycles. The summed E-state index contributed by atoms with van der Waals surface area (Å²) in [6.45, 7) is 2.20. The molecule has 0 bridgehead atoms. The van der Waals surface area contributed by atoms with Crippen LogP contribution in [-0.2, 0) is 10.2 Å². The highest BCUT2D eigenvalue weighted by Gasteiger charge is 2.54. The quantitative estimate of drug-likeness (QED) is 0.877. The molecule has 2 aromatic heterocycles. The summed E-state index contributed by atoms with van der Waals surface area (Å²) in [7, 11) is 0. The molecular weight excluding hydrogens is 278 g/mol. The fraction of sp³-hybridized carbons (Fsp3) is 0.500. The first kappa shape index (κ1) is 12.1. The first-order chi connectivity index (χ1) is 9.50. The summed E-state index contributed by atoms with van der Waals surface area (Å²) in [5, 5.41) is 14.2. The first-order valence-corrected chi connectivity index (χ1v) is 7.15. The van der Waals surface area contributed by atoms with Crippen LogP contribution in [0.25, 0.3) is 5.65 Å². The van der Waals surface area contributed by atoms with Crippen molar-refractivity contribution >= 4 is 23.2 Å². The number of nitrogens with zero attached hydrogens (tertiary/aromatic N) is 3. The summed E-state index contributed by atoms with van der Waals surface area (Å²) >= 11 is 5.98. The van der Waals surface area contributed by atoms with Crippen LogP contribution in [0.2, 0.25) is 5.15 Å². The Kier molecular flexibility index (Phi) is 2.26. The average Bonchev–Trinajstić information content (AvgIpc) is 2.86. The van der Waals surface area contributed by atoms with Crippen molar-refractivity contribution in [1.29, 1.82) is 0 Å². The SMILES string of the molecule is CC1CC2(C1)CC(C(=O)O)c1cnc3cc(Cl)nn3c12. The van der Waals surface area contributed by atoms with Crippen LogP contribution in [-0.4, -0.2) is 25.7 Å². The molecule has 0 saturated heterocycles. The van der Waals surface area contributed by atoms with E-state index >= 15 is 0 Å². The first-order valence-electron chi connectivity index (χ1n) is 6.78. The van der Waals surface area contributed by atoms with Gasteiger partial charge >= 0.3 is 5.97 Å². The molecule has 0 amide bonds. The number of aliphatic carboxylic acids is 1. The van der Waals surface area contributed by atoms with Gasteiger partial charge in [0.25, 0.3) is 0 Å². The molecule has 2 aromatic rings. The minimum atomic E-state index is -0.776. The van der Waals surface area contributed by atoms with Gasteiger partial charge in [-0.2, -0.15) is 5.10 Å². The molecule has 1 unspecified atom stereocenters. The molecule has 6 heteroatoms. The lowest BCUT2D eigenvalue weighted by atomic mass is 9.60. The molecule has 0 radical (unpaired) electrons. The van der Waals surface area contributed by atoms with Gasteiger partial charge in [0.05, 0.1) is 11.6 Å². The van der Waals surface area contributed by atoms with E-state index < -0.39 is 11.9 Å². The van der Waals surface area contributed by atoms with Gasteiger partial charge in [0.15, 0.2) is 10.8 Å². The second-order valence-electron chi connectivity index (χ2n) is 6.19. The molecule has 1 spiro atoms. The highest BCUT2D eigenvalue weighted by Crippen LogP contribution is 2.58. The van der Waals surface area contributed by atoms with Gasteiger partial charge < -0.3 is 5.11 Å². The zero-order valence-electron chi connectivity index (χ0n) is 11.0. The Balaban J connectivity index is 1.99.